The van der Waals surface area contributed by atoms with Gasteiger partial charge in [0.15, 0.2) is 0 Å². The average molecular weight is 320 g/mol. The Hall–Kier alpha value is -1.14. The van der Waals surface area contributed by atoms with Crippen LogP contribution in [0.5, 0.6) is 0 Å². The number of alkyl halides is 1. The van der Waals surface area contributed by atoms with Gasteiger partial charge in [0, 0.05) is 19.2 Å². The van der Waals surface area contributed by atoms with Crippen LogP contribution >= 0.6 is 27.5 Å². The van der Waals surface area contributed by atoms with Gasteiger partial charge in [-0.25, -0.2) is 9.78 Å². The molecule has 0 aliphatic carbocycles. The molecule has 1 aliphatic rings. The van der Waals surface area contributed by atoms with E-state index in [9.17, 15) is 9.59 Å². The second-order valence-corrected chi connectivity index (χ2v) is 5.10. The maximum atomic E-state index is 11.6. The quantitative estimate of drug-likeness (QED) is 0.845. The van der Waals surface area contributed by atoms with E-state index in [-0.39, 0.29) is 23.3 Å². The number of hydrogen-bond donors (Lipinski definition) is 1. The minimum absolute atomic E-state index is 0.0702. The number of hydrogen-bond acceptors (Lipinski definition) is 3. The normalized spacial score (nSPS) is 19.8. The number of carboxylic acids is 1. The Labute approximate surface area is 111 Å². The van der Waals surface area contributed by atoms with Crippen molar-refractivity contribution in [2.45, 2.75) is 11.8 Å². The lowest BCUT2D eigenvalue weighted by Gasteiger charge is -2.15. The maximum absolute atomic E-state index is 11.6. The predicted octanol–water partition coefficient (Wildman–Crippen LogP) is 1.89. The van der Waals surface area contributed by atoms with Gasteiger partial charge in [0.1, 0.15) is 5.82 Å². The lowest BCUT2D eigenvalue weighted by Crippen LogP contribution is -2.26. The van der Waals surface area contributed by atoms with Gasteiger partial charge in [0.05, 0.1) is 15.4 Å². The number of carboxylic acid groups (broad SMARTS) is 1. The number of halogens is 2. The van der Waals surface area contributed by atoms with Crippen molar-refractivity contribution in [3.63, 3.8) is 0 Å². The fourth-order valence-electron chi connectivity index (χ4n) is 1.62. The second kappa shape index (κ2) is 4.62. The molecule has 0 aromatic carbocycles. The fraction of sp³-hybridized carbons (Fsp3) is 0.300. The van der Waals surface area contributed by atoms with Gasteiger partial charge in [-0.05, 0) is 22.0 Å². The molecule has 0 saturated carbocycles. The van der Waals surface area contributed by atoms with Crippen LogP contribution in [0.3, 0.4) is 0 Å². The molecule has 1 N–H and O–H groups in total. The van der Waals surface area contributed by atoms with Gasteiger partial charge in [-0.3, -0.25) is 9.69 Å². The zero-order valence-corrected chi connectivity index (χ0v) is 10.9. The number of rotatable bonds is 2. The van der Waals surface area contributed by atoms with Gasteiger partial charge in [0.2, 0.25) is 5.91 Å². The maximum Gasteiger partial charge on any atom is 0.337 e. The average Bonchev–Trinajstić information content (AvgIpc) is 2.58. The predicted molar refractivity (Wildman–Crippen MR) is 65.5 cm³/mol. The summed E-state index contributed by atoms with van der Waals surface area (Å²) in [6, 6.07) is 1.36. The van der Waals surface area contributed by atoms with Gasteiger partial charge in [0.25, 0.3) is 0 Å². The number of pyridine rings is 1. The van der Waals surface area contributed by atoms with Crippen LogP contribution in [-0.2, 0) is 4.79 Å². The molecule has 1 fully saturated rings. The lowest BCUT2D eigenvalue weighted by atomic mass is 10.2. The number of aromatic nitrogens is 1. The van der Waals surface area contributed by atoms with E-state index in [0.717, 1.165) is 0 Å². The van der Waals surface area contributed by atoms with E-state index in [1.165, 1.54) is 17.2 Å². The van der Waals surface area contributed by atoms with E-state index >= 15 is 0 Å². The van der Waals surface area contributed by atoms with Crippen molar-refractivity contribution in [3.05, 3.63) is 22.3 Å². The van der Waals surface area contributed by atoms with E-state index in [1.54, 1.807) is 0 Å². The van der Waals surface area contributed by atoms with E-state index in [1.807, 2.05) is 0 Å². The number of carbonyl (C=O) groups excluding carboxylic acids is 1. The highest BCUT2D eigenvalue weighted by Crippen LogP contribution is 2.26. The Morgan fingerprint density at radius 2 is 2.35 bits per heavy atom. The third kappa shape index (κ3) is 2.42. The third-order valence-corrected chi connectivity index (χ3v) is 3.35. The van der Waals surface area contributed by atoms with Gasteiger partial charge in [-0.15, -0.1) is 11.6 Å². The van der Waals surface area contributed by atoms with E-state index < -0.39 is 5.97 Å². The Bertz CT molecular complexity index is 494. The zero-order valence-electron chi connectivity index (χ0n) is 8.56. The molecule has 5 nitrogen and oxygen atoms in total. The summed E-state index contributed by atoms with van der Waals surface area (Å²) in [4.78, 5) is 28.0. The van der Waals surface area contributed by atoms with Crippen molar-refractivity contribution < 1.29 is 14.7 Å². The molecule has 1 aliphatic heterocycles. The standard InChI is InChI=1S/C10H8BrClN2O3/c11-7-3-13-8(2-6(7)10(16)17)14-4-5(12)1-9(14)15/h2-3,5H,1,4H2,(H,16,17). The van der Waals surface area contributed by atoms with E-state index in [0.29, 0.717) is 16.8 Å². The fourth-order valence-corrected chi connectivity index (χ4v) is 2.28. The first kappa shape index (κ1) is 12.3. The molecular formula is C10H8BrClN2O3. The minimum Gasteiger partial charge on any atom is -0.478 e. The number of amides is 1. The lowest BCUT2D eigenvalue weighted by molar-refractivity contribution is -0.117. The van der Waals surface area contributed by atoms with Crippen molar-refractivity contribution in [1.82, 2.24) is 4.98 Å². The summed E-state index contributed by atoms with van der Waals surface area (Å²) < 4.78 is 0.378. The van der Waals surface area contributed by atoms with E-state index in [2.05, 4.69) is 20.9 Å². The Morgan fingerprint density at radius 3 is 2.88 bits per heavy atom. The van der Waals surface area contributed by atoms with E-state index in [4.69, 9.17) is 16.7 Å². The molecule has 1 unspecified atom stereocenters. The SMILES string of the molecule is O=C(O)c1cc(N2CC(Cl)CC2=O)ncc1Br. The molecule has 2 heterocycles. The number of carbonyl (C=O) groups is 2. The smallest absolute Gasteiger partial charge is 0.337 e. The summed E-state index contributed by atoms with van der Waals surface area (Å²) in [5.41, 5.74) is 0.0702. The summed E-state index contributed by atoms with van der Waals surface area (Å²) in [5, 5.41) is 8.71. The molecule has 0 bridgehead atoms. The van der Waals surface area contributed by atoms with Crippen LogP contribution in [-0.4, -0.2) is 33.9 Å². The van der Waals surface area contributed by atoms with Gasteiger partial charge < -0.3 is 5.11 Å². The van der Waals surface area contributed by atoms with Crippen LogP contribution in [0.15, 0.2) is 16.7 Å². The molecule has 0 radical (unpaired) electrons. The number of anilines is 1. The molecule has 1 aromatic heterocycles. The zero-order chi connectivity index (χ0) is 12.6. The molecule has 2 rings (SSSR count). The summed E-state index contributed by atoms with van der Waals surface area (Å²) in [5.74, 6) is -0.899. The largest absolute Gasteiger partial charge is 0.478 e. The molecular weight excluding hydrogens is 311 g/mol. The van der Waals surface area contributed by atoms with Crippen LogP contribution in [0.1, 0.15) is 16.8 Å². The summed E-state index contributed by atoms with van der Waals surface area (Å²) >= 11 is 8.96. The van der Waals surface area contributed by atoms with Crippen molar-refractivity contribution >= 4 is 45.2 Å². The Morgan fingerprint density at radius 1 is 1.65 bits per heavy atom. The summed E-state index contributed by atoms with van der Waals surface area (Å²) in [6.07, 6.45) is 1.62. The first-order valence-electron chi connectivity index (χ1n) is 4.82. The second-order valence-electron chi connectivity index (χ2n) is 3.63. The minimum atomic E-state index is -1.07. The molecule has 7 heteroatoms. The van der Waals surface area contributed by atoms with Crippen LogP contribution in [0.4, 0.5) is 5.82 Å². The molecule has 1 saturated heterocycles. The summed E-state index contributed by atoms with van der Waals surface area (Å²) in [6.45, 7) is 0.355. The van der Waals surface area contributed by atoms with Gasteiger partial charge >= 0.3 is 5.97 Å². The third-order valence-electron chi connectivity index (χ3n) is 2.43. The van der Waals surface area contributed by atoms with Crippen LogP contribution in [0.25, 0.3) is 0 Å². The first-order valence-corrected chi connectivity index (χ1v) is 6.05. The van der Waals surface area contributed by atoms with Crippen molar-refractivity contribution in [2.75, 3.05) is 11.4 Å². The highest BCUT2D eigenvalue weighted by atomic mass is 79.9. The topological polar surface area (TPSA) is 70.5 Å². The van der Waals surface area contributed by atoms with Gasteiger partial charge in [-0.2, -0.15) is 0 Å². The molecule has 17 heavy (non-hydrogen) atoms. The number of nitrogens with zero attached hydrogens (tertiary/aromatic N) is 2. The highest BCUT2D eigenvalue weighted by Gasteiger charge is 2.30. The first-order chi connectivity index (χ1) is 7.99. The van der Waals surface area contributed by atoms with Gasteiger partial charge in [-0.1, -0.05) is 0 Å². The highest BCUT2D eigenvalue weighted by molar-refractivity contribution is 9.10. The summed E-state index contributed by atoms with van der Waals surface area (Å²) in [7, 11) is 0. The van der Waals surface area contributed by atoms with Crippen molar-refractivity contribution in [1.29, 1.82) is 0 Å². The molecule has 1 aromatic rings. The van der Waals surface area contributed by atoms with Crippen LogP contribution < -0.4 is 4.90 Å². The number of aromatic carboxylic acids is 1. The Balaban J connectivity index is 2.37. The van der Waals surface area contributed by atoms with Crippen molar-refractivity contribution in [2.24, 2.45) is 0 Å². The van der Waals surface area contributed by atoms with Crippen molar-refractivity contribution in [3.8, 4) is 0 Å². The molecule has 0 spiro atoms. The van der Waals surface area contributed by atoms with Crippen LogP contribution in [0, 0.1) is 0 Å². The molecule has 1 atom stereocenters. The molecule has 1 amide bonds. The molecule has 90 valence electrons. The monoisotopic (exact) mass is 318 g/mol. The van der Waals surface area contributed by atoms with Crippen LogP contribution in [0.2, 0.25) is 0 Å². The Kier molecular flexibility index (Phi) is 3.35.